The fraction of sp³-hybridized carbons (Fsp3) is 0.250. The Hall–Kier alpha value is -2.14. The predicted octanol–water partition coefficient (Wildman–Crippen LogP) is 3.72. The molecule has 0 saturated carbocycles. The van der Waals surface area contributed by atoms with Gasteiger partial charge in [-0.2, -0.15) is 16.3 Å². The van der Waals surface area contributed by atoms with Gasteiger partial charge in [0, 0.05) is 12.1 Å². The number of benzene rings is 1. The minimum Gasteiger partial charge on any atom is -0.354 e. The summed E-state index contributed by atoms with van der Waals surface area (Å²) >= 11 is 1.73. The molecule has 0 fully saturated rings. The number of rotatable bonds is 2. The van der Waals surface area contributed by atoms with Gasteiger partial charge in [0.2, 0.25) is 5.95 Å². The molecule has 21 heavy (non-hydrogen) atoms. The Morgan fingerprint density at radius 2 is 2.10 bits per heavy atom. The van der Waals surface area contributed by atoms with Gasteiger partial charge in [0.05, 0.1) is 6.04 Å². The molecule has 2 aromatic heterocycles. The van der Waals surface area contributed by atoms with Crippen LogP contribution in [0.4, 0.5) is 5.95 Å². The molecule has 0 spiro atoms. The van der Waals surface area contributed by atoms with Crippen molar-refractivity contribution in [2.24, 2.45) is 0 Å². The van der Waals surface area contributed by atoms with Gasteiger partial charge in [-0.05, 0) is 35.7 Å². The van der Waals surface area contributed by atoms with Crippen LogP contribution in [-0.2, 0) is 0 Å². The average molecular weight is 296 g/mol. The first-order chi connectivity index (χ1) is 10.3. The number of thiophene rings is 1. The molecule has 0 aliphatic carbocycles. The number of nitrogens with zero attached hydrogens (tertiary/aromatic N) is 3. The molecule has 0 radical (unpaired) electrons. The summed E-state index contributed by atoms with van der Waals surface area (Å²) in [5.41, 5.74) is 3.63. The van der Waals surface area contributed by atoms with E-state index in [1.54, 1.807) is 11.3 Å². The third kappa shape index (κ3) is 2.23. The van der Waals surface area contributed by atoms with Crippen molar-refractivity contribution in [1.29, 1.82) is 0 Å². The summed E-state index contributed by atoms with van der Waals surface area (Å²) in [5.74, 6) is 1.66. The van der Waals surface area contributed by atoms with Crippen LogP contribution >= 0.6 is 11.3 Å². The predicted molar refractivity (Wildman–Crippen MR) is 85.8 cm³/mol. The average Bonchev–Trinajstić information content (AvgIpc) is 3.17. The summed E-state index contributed by atoms with van der Waals surface area (Å²) in [6.07, 6.45) is 1.04. The molecule has 1 atom stereocenters. The van der Waals surface area contributed by atoms with Crippen LogP contribution in [0.25, 0.3) is 11.4 Å². The van der Waals surface area contributed by atoms with Crippen LogP contribution < -0.4 is 5.32 Å². The van der Waals surface area contributed by atoms with E-state index < -0.39 is 0 Å². The smallest absolute Gasteiger partial charge is 0.222 e. The molecule has 1 N–H and O–H groups in total. The molecule has 3 aromatic rings. The van der Waals surface area contributed by atoms with Gasteiger partial charge in [-0.1, -0.05) is 29.8 Å². The van der Waals surface area contributed by atoms with Crippen molar-refractivity contribution < 1.29 is 0 Å². The summed E-state index contributed by atoms with van der Waals surface area (Å²) < 4.78 is 2.03. The summed E-state index contributed by atoms with van der Waals surface area (Å²) in [6.45, 7) is 3.02. The van der Waals surface area contributed by atoms with E-state index in [0.29, 0.717) is 6.04 Å². The number of hydrogen-bond donors (Lipinski definition) is 1. The zero-order valence-electron chi connectivity index (χ0n) is 11.8. The van der Waals surface area contributed by atoms with Crippen molar-refractivity contribution in [1.82, 2.24) is 14.8 Å². The maximum Gasteiger partial charge on any atom is 0.222 e. The lowest BCUT2D eigenvalue weighted by molar-refractivity contribution is 0.482. The lowest BCUT2D eigenvalue weighted by Crippen LogP contribution is -2.24. The van der Waals surface area contributed by atoms with E-state index >= 15 is 0 Å². The molecule has 4 nitrogen and oxygen atoms in total. The molecule has 1 aliphatic heterocycles. The Balaban J connectivity index is 1.75. The lowest BCUT2D eigenvalue weighted by atomic mass is 10.1. The Morgan fingerprint density at radius 3 is 2.86 bits per heavy atom. The molecule has 0 saturated heterocycles. The van der Waals surface area contributed by atoms with Crippen molar-refractivity contribution >= 4 is 17.3 Å². The number of aryl methyl sites for hydroxylation is 1. The van der Waals surface area contributed by atoms with Gasteiger partial charge >= 0.3 is 0 Å². The molecule has 1 aliphatic rings. The van der Waals surface area contributed by atoms with Gasteiger partial charge in [-0.15, -0.1) is 5.10 Å². The first-order valence-electron chi connectivity index (χ1n) is 7.11. The standard InChI is InChI=1S/C16H16N4S/c1-11-2-4-12(5-3-11)15-18-16-17-8-6-14(20(16)19-15)13-7-9-21-10-13/h2-5,7,9-10,14H,6,8H2,1H3,(H,17,18,19). The van der Waals surface area contributed by atoms with Crippen LogP contribution in [-0.4, -0.2) is 21.3 Å². The molecule has 4 rings (SSSR count). The third-order valence-corrected chi connectivity index (χ3v) is 4.57. The van der Waals surface area contributed by atoms with Gasteiger partial charge in [0.25, 0.3) is 0 Å². The van der Waals surface area contributed by atoms with Crippen molar-refractivity contribution in [2.75, 3.05) is 11.9 Å². The Bertz CT molecular complexity index is 743. The maximum atomic E-state index is 4.74. The van der Waals surface area contributed by atoms with E-state index in [-0.39, 0.29) is 0 Å². The zero-order valence-corrected chi connectivity index (χ0v) is 12.6. The van der Waals surface area contributed by atoms with Crippen LogP contribution in [0.1, 0.15) is 23.6 Å². The molecule has 106 valence electrons. The normalized spacial score (nSPS) is 17.3. The fourth-order valence-electron chi connectivity index (χ4n) is 2.70. The van der Waals surface area contributed by atoms with Crippen molar-refractivity contribution in [3.05, 3.63) is 52.2 Å². The number of hydrogen-bond acceptors (Lipinski definition) is 4. The first-order valence-corrected chi connectivity index (χ1v) is 8.05. The fourth-order valence-corrected chi connectivity index (χ4v) is 3.41. The Kier molecular flexibility index (Phi) is 3.00. The quantitative estimate of drug-likeness (QED) is 0.783. The van der Waals surface area contributed by atoms with Crippen molar-refractivity contribution in [3.8, 4) is 11.4 Å². The van der Waals surface area contributed by atoms with Gasteiger partial charge in [-0.25, -0.2) is 4.68 Å². The van der Waals surface area contributed by atoms with E-state index in [4.69, 9.17) is 5.10 Å². The van der Waals surface area contributed by atoms with Gasteiger partial charge < -0.3 is 5.32 Å². The highest BCUT2D eigenvalue weighted by atomic mass is 32.1. The second-order valence-corrected chi connectivity index (χ2v) is 6.14. The Labute approximate surface area is 127 Å². The second-order valence-electron chi connectivity index (χ2n) is 5.36. The van der Waals surface area contributed by atoms with Gasteiger partial charge in [-0.3, -0.25) is 0 Å². The van der Waals surface area contributed by atoms with Crippen LogP contribution in [0.5, 0.6) is 0 Å². The molecule has 1 aromatic carbocycles. The van der Waals surface area contributed by atoms with Gasteiger partial charge in [0.1, 0.15) is 0 Å². The first kappa shape index (κ1) is 12.6. The summed E-state index contributed by atoms with van der Waals surface area (Å²) in [5, 5.41) is 12.4. The second kappa shape index (κ2) is 5.00. The van der Waals surface area contributed by atoms with E-state index in [2.05, 4.69) is 58.3 Å². The number of anilines is 1. The van der Waals surface area contributed by atoms with E-state index in [1.807, 2.05) is 4.68 Å². The maximum absolute atomic E-state index is 4.74. The van der Waals surface area contributed by atoms with Crippen LogP contribution in [0.15, 0.2) is 41.1 Å². The molecule has 0 amide bonds. The Morgan fingerprint density at radius 1 is 1.24 bits per heavy atom. The molecule has 0 bridgehead atoms. The van der Waals surface area contributed by atoms with Crippen molar-refractivity contribution in [3.63, 3.8) is 0 Å². The van der Waals surface area contributed by atoms with E-state index in [1.165, 1.54) is 11.1 Å². The third-order valence-electron chi connectivity index (χ3n) is 3.87. The number of fused-ring (bicyclic) bond motifs is 1. The molecular formula is C16H16N4S. The molecule has 5 heteroatoms. The topological polar surface area (TPSA) is 42.7 Å². The molecule has 1 unspecified atom stereocenters. The van der Waals surface area contributed by atoms with Crippen LogP contribution in [0.2, 0.25) is 0 Å². The highest BCUT2D eigenvalue weighted by Gasteiger charge is 2.24. The monoisotopic (exact) mass is 296 g/mol. The number of nitrogens with one attached hydrogen (secondary N) is 1. The SMILES string of the molecule is Cc1ccc(-c2nc3n(n2)C(c2ccsc2)CCN3)cc1. The summed E-state index contributed by atoms with van der Waals surface area (Å²) in [6, 6.07) is 10.8. The van der Waals surface area contributed by atoms with Crippen LogP contribution in [0, 0.1) is 6.92 Å². The van der Waals surface area contributed by atoms with Gasteiger partial charge in [0.15, 0.2) is 5.82 Å². The highest BCUT2D eigenvalue weighted by Crippen LogP contribution is 2.31. The summed E-state index contributed by atoms with van der Waals surface area (Å²) in [4.78, 5) is 4.65. The largest absolute Gasteiger partial charge is 0.354 e. The zero-order chi connectivity index (χ0) is 14.2. The summed E-state index contributed by atoms with van der Waals surface area (Å²) in [7, 11) is 0. The molecular weight excluding hydrogens is 280 g/mol. The lowest BCUT2D eigenvalue weighted by Gasteiger charge is -2.23. The van der Waals surface area contributed by atoms with E-state index in [0.717, 1.165) is 30.3 Å². The minimum absolute atomic E-state index is 0.291. The number of aromatic nitrogens is 3. The highest BCUT2D eigenvalue weighted by molar-refractivity contribution is 7.07. The van der Waals surface area contributed by atoms with Crippen molar-refractivity contribution in [2.45, 2.75) is 19.4 Å². The van der Waals surface area contributed by atoms with E-state index in [9.17, 15) is 0 Å². The minimum atomic E-state index is 0.291. The molecule has 3 heterocycles. The van der Waals surface area contributed by atoms with Crippen LogP contribution in [0.3, 0.4) is 0 Å².